The van der Waals surface area contributed by atoms with Crippen molar-refractivity contribution in [1.29, 1.82) is 0 Å². The van der Waals surface area contributed by atoms with Gasteiger partial charge in [0.05, 0.1) is 11.9 Å². The number of aromatic nitrogens is 3. The molecule has 4 aliphatic carbocycles. The molecule has 5 rings (SSSR count). The van der Waals surface area contributed by atoms with E-state index >= 15 is 0 Å². The molecule has 4 nitrogen and oxygen atoms in total. The minimum Gasteiger partial charge on any atom is -0.311 e. The molecule has 0 aliphatic heterocycles. The standard InChI is InChI=1S/C14H22N4/c1-9-2-11-4-10(1)5-12(3-9)14(11)8-15-6-13-7-16-18-17-13/h7,9-12,14-15H,1-6,8H2,(H,16,17,18). The maximum atomic E-state index is 4.09. The van der Waals surface area contributed by atoms with Crippen LogP contribution in [-0.2, 0) is 6.54 Å². The Balaban J connectivity index is 1.35. The van der Waals surface area contributed by atoms with Crippen molar-refractivity contribution in [1.82, 2.24) is 20.7 Å². The summed E-state index contributed by atoms with van der Waals surface area (Å²) in [5, 5.41) is 14.2. The third-order valence-corrected chi connectivity index (χ3v) is 5.57. The van der Waals surface area contributed by atoms with Crippen LogP contribution in [0, 0.1) is 29.6 Å². The zero-order valence-electron chi connectivity index (χ0n) is 10.8. The van der Waals surface area contributed by atoms with Crippen molar-refractivity contribution in [3.8, 4) is 0 Å². The number of nitrogens with one attached hydrogen (secondary N) is 2. The van der Waals surface area contributed by atoms with Crippen LogP contribution < -0.4 is 5.32 Å². The zero-order chi connectivity index (χ0) is 11.9. The van der Waals surface area contributed by atoms with Crippen molar-refractivity contribution in [2.24, 2.45) is 29.6 Å². The van der Waals surface area contributed by atoms with Gasteiger partial charge in [-0.25, -0.2) is 0 Å². The average Bonchev–Trinajstić information content (AvgIpc) is 2.85. The van der Waals surface area contributed by atoms with E-state index in [1.165, 1.54) is 32.2 Å². The third kappa shape index (κ3) is 1.87. The van der Waals surface area contributed by atoms with Crippen molar-refractivity contribution in [3.05, 3.63) is 11.9 Å². The molecule has 0 atom stereocenters. The first-order valence-corrected chi connectivity index (χ1v) is 7.44. The summed E-state index contributed by atoms with van der Waals surface area (Å²) in [6.45, 7) is 2.04. The molecule has 0 amide bonds. The van der Waals surface area contributed by atoms with Gasteiger partial charge < -0.3 is 5.32 Å². The Labute approximate surface area is 108 Å². The molecule has 1 heterocycles. The fraction of sp³-hybridized carbons (Fsp3) is 0.857. The topological polar surface area (TPSA) is 53.6 Å². The van der Waals surface area contributed by atoms with E-state index in [1.807, 2.05) is 6.20 Å². The van der Waals surface area contributed by atoms with Crippen LogP contribution in [0.4, 0.5) is 0 Å². The van der Waals surface area contributed by atoms with Gasteiger partial charge in [0.2, 0.25) is 0 Å². The Morgan fingerprint density at radius 3 is 2.44 bits per heavy atom. The average molecular weight is 246 g/mol. The third-order valence-electron chi connectivity index (χ3n) is 5.57. The first-order chi connectivity index (χ1) is 8.88. The zero-order valence-corrected chi connectivity index (χ0v) is 10.8. The molecule has 0 unspecified atom stereocenters. The number of aromatic amines is 1. The second kappa shape index (κ2) is 4.34. The maximum Gasteiger partial charge on any atom is 0.0962 e. The molecule has 0 aromatic carbocycles. The minimum absolute atomic E-state index is 0.860. The fourth-order valence-electron chi connectivity index (χ4n) is 5.05. The molecular formula is C14H22N4. The van der Waals surface area contributed by atoms with Gasteiger partial charge in [0.15, 0.2) is 0 Å². The van der Waals surface area contributed by atoms with Gasteiger partial charge in [-0.3, -0.25) is 0 Å². The van der Waals surface area contributed by atoms with E-state index < -0.39 is 0 Å². The molecule has 0 saturated heterocycles. The van der Waals surface area contributed by atoms with Crippen molar-refractivity contribution in [3.63, 3.8) is 0 Å². The summed E-state index contributed by atoms with van der Waals surface area (Å²) in [5.74, 6) is 5.14. The molecule has 98 valence electrons. The monoisotopic (exact) mass is 246 g/mol. The molecule has 1 aromatic heterocycles. The lowest BCUT2D eigenvalue weighted by molar-refractivity contribution is -0.0355. The van der Waals surface area contributed by atoms with Crippen LogP contribution >= 0.6 is 0 Å². The lowest BCUT2D eigenvalue weighted by Crippen LogP contribution is -2.48. The van der Waals surface area contributed by atoms with Crippen LogP contribution in [0.5, 0.6) is 0 Å². The van der Waals surface area contributed by atoms with Gasteiger partial charge >= 0.3 is 0 Å². The SMILES string of the molecule is c1n[nH]nc1CNCC1C2CC3CC(C2)CC1C3. The predicted octanol–water partition coefficient (Wildman–Crippen LogP) is 1.97. The van der Waals surface area contributed by atoms with E-state index in [0.29, 0.717) is 0 Å². The highest BCUT2D eigenvalue weighted by Gasteiger charge is 2.47. The quantitative estimate of drug-likeness (QED) is 0.854. The van der Waals surface area contributed by atoms with Gasteiger partial charge in [0, 0.05) is 6.54 Å². The summed E-state index contributed by atoms with van der Waals surface area (Å²) in [7, 11) is 0. The highest BCUT2D eigenvalue weighted by atomic mass is 15.3. The lowest BCUT2D eigenvalue weighted by Gasteiger charge is -2.54. The smallest absolute Gasteiger partial charge is 0.0962 e. The molecule has 4 heteroatoms. The number of nitrogens with zero attached hydrogens (tertiary/aromatic N) is 2. The normalized spacial score (nSPS) is 41.4. The van der Waals surface area contributed by atoms with E-state index in [9.17, 15) is 0 Å². The maximum absolute atomic E-state index is 4.09. The van der Waals surface area contributed by atoms with Crippen molar-refractivity contribution in [2.45, 2.75) is 38.6 Å². The van der Waals surface area contributed by atoms with Gasteiger partial charge in [-0.05, 0) is 68.2 Å². The predicted molar refractivity (Wildman–Crippen MR) is 68.6 cm³/mol. The molecule has 1 aromatic rings. The van der Waals surface area contributed by atoms with Crippen molar-refractivity contribution >= 4 is 0 Å². The van der Waals surface area contributed by atoms with Crippen LogP contribution in [0.25, 0.3) is 0 Å². The second-order valence-electron chi connectivity index (χ2n) is 6.69. The highest BCUT2D eigenvalue weighted by Crippen LogP contribution is 2.56. The largest absolute Gasteiger partial charge is 0.311 e. The van der Waals surface area contributed by atoms with Crippen LogP contribution in [0.1, 0.15) is 37.8 Å². The molecule has 4 bridgehead atoms. The van der Waals surface area contributed by atoms with Gasteiger partial charge in [0.1, 0.15) is 0 Å². The van der Waals surface area contributed by atoms with E-state index in [1.54, 1.807) is 6.42 Å². The first-order valence-electron chi connectivity index (χ1n) is 7.44. The van der Waals surface area contributed by atoms with E-state index in [2.05, 4.69) is 20.7 Å². The molecule has 0 spiro atoms. The summed E-state index contributed by atoms with van der Waals surface area (Å²) in [4.78, 5) is 0. The van der Waals surface area contributed by atoms with Gasteiger partial charge in [-0.2, -0.15) is 15.4 Å². The summed E-state index contributed by atoms with van der Waals surface area (Å²) >= 11 is 0. The summed E-state index contributed by atoms with van der Waals surface area (Å²) in [6.07, 6.45) is 9.43. The molecule has 18 heavy (non-hydrogen) atoms. The van der Waals surface area contributed by atoms with Gasteiger partial charge in [0.25, 0.3) is 0 Å². The highest BCUT2D eigenvalue weighted by molar-refractivity contribution is 4.99. The van der Waals surface area contributed by atoms with E-state index in [-0.39, 0.29) is 0 Å². The summed E-state index contributed by atoms with van der Waals surface area (Å²) in [5.41, 5.74) is 1.03. The fourth-order valence-corrected chi connectivity index (χ4v) is 5.05. The summed E-state index contributed by atoms with van der Waals surface area (Å²) in [6, 6.07) is 0. The number of rotatable bonds is 4. The van der Waals surface area contributed by atoms with E-state index in [0.717, 1.165) is 41.8 Å². The number of hydrogen-bond donors (Lipinski definition) is 2. The molecule has 2 N–H and O–H groups in total. The van der Waals surface area contributed by atoms with Gasteiger partial charge in [-0.15, -0.1) is 0 Å². The van der Waals surface area contributed by atoms with Crippen molar-refractivity contribution in [2.75, 3.05) is 6.54 Å². The molecule has 4 aliphatic rings. The molecule has 4 saturated carbocycles. The van der Waals surface area contributed by atoms with Gasteiger partial charge in [-0.1, -0.05) is 0 Å². The van der Waals surface area contributed by atoms with Crippen LogP contribution in [0.3, 0.4) is 0 Å². The Kier molecular flexibility index (Phi) is 2.64. The van der Waals surface area contributed by atoms with Crippen LogP contribution in [0.2, 0.25) is 0 Å². The van der Waals surface area contributed by atoms with Crippen LogP contribution in [0.15, 0.2) is 6.20 Å². The minimum atomic E-state index is 0.860. The first kappa shape index (κ1) is 11.0. The Morgan fingerprint density at radius 2 is 1.83 bits per heavy atom. The second-order valence-corrected chi connectivity index (χ2v) is 6.69. The van der Waals surface area contributed by atoms with Crippen molar-refractivity contribution < 1.29 is 0 Å². The van der Waals surface area contributed by atoms with E-state index in [4.69, 9.17) is 0 Å². The lowest BCUT2D eigenvalue weighted by atomic mass is 9.52. The number of hydrogen-bond acceptors (Lipinski definition) is 3. The Morgan fingerprint density at radius 1 is 1.11 bits per heavy atom. The Hall–Kier alpha value is -0.900. The number of H-pyrrole nitrogens is 1. The molecule has 4 fully saturated rings. The molecular weight excluding hydrogens is 224 g/mol. The Bertz CT molecular complexity index is 372. The van der Waals surface area contributed by atoms with Crippen LogP contribution in [-0.4, -0.2) is 22.0 Å². The summed E-state index contributed by atoms with van der Waals surface area (Å²) < 4.78 is 0. The molecule has 0 radical (unpaired) electrons.